The molecule has 0 bridgehead atoms. The first-order valence-corrected chi connectivity index (χ1v) is 5.48. The summed E-state index contributed by atoms with van der Waals surface area (Å²) in [6.07, 6.45) is 0. The molecule has 0 spiro atoms. The highest BCUT2D eigenvalue weighted by molar-refractivity contribution is 7.45. The summed E-state index contributed by atoms with van der Waals surface area (Å²) in [5.41, 5.74) is 8.50. The van der Waals surface area contributed by atoms with E-state index in [1.165, 1.54) is 0 Å². The first kappa shape index (κ1) is 23.9. The zero-order valence-electron chi connectivity index (χ0n) is 6.96. The maximum absolute atomic E-state index is 9.00. The molecule has 0 aliphatic rings. The fourth-order valence-electron chi connectivity index (χ4n) is 0. The van der Waals surface area contributed by atoms with Gasteiger partial charge in [-0.25, -0.2) is 13.9 Å². The Labute approximate surface area is 82.9 Å². The maximum atomic E-state index is 9.00. The summed E-state index contributed by atoms with van der Waals surface area (Å²) in [5.74, 6) is 0. The molecule has 12 nitrogen and oxygen atoms in total. The molecule has 12 N–H and O–H groups in total. The first-order chi connectivity index (χ1) is 5.73. The Balaban J connectivity index is -0.0000000590. The van der Waals surface area contributed by atoms with E-state index in [0.29, 0.717) is 0 Å². The van der Waals surface area contributed by atoms with E-state index >= 15 is 0 Å². The minimum Gasteiger partial charge on any atom is -0.412 e. The van der Waals surface area contributed by atoms with Gasteiger partial charge in [-0.2, -0.15) is 0 Å². The Bertz CT molecular complexity index is 197. The SMILES string of the molecule is NC(N)=O.O.O=P(O)(O)O.O=P(O)(O)O. The fourth-order valence-corrected chi connectivity index (χ4v) is 0. The smallest absolute Gasteiger partial charge is 0.412 e. The van der Waals surface area contributed by atoms with Gasteiger partial charge < -0.3 is 46.3 Å². The number of carbonyl (C=O) groups is 1. The minimum absolute atomic E-state index is 0. The topological polar surface area (TPSA) is 256 Å². The van der Waals surface area contributed by atoms with Gasteiger partial charge >= 0.3 is 21.7 Å². The highest BCUT2D eigenvalue weighted by Gasteiger charge is 2.00. The van der Waals surface area contributed by atoms with Gasteiger partial charge in [-0.1, -0.05) is 0 Å². The van der Waals surface area contributed by atoms with Crippen LogP contribution in [0.25, 0.3) is 0 Å². The Morgan fingerprint density at radius 3 is 0.800 bits per heavy atom. The largest absolute Gasteiger partial charge is 0.466 e. The number of urea groups is 1. The molecule has 0 aliphatic heterocycles. The highest BCUT2D eigenvalue weighted by atomic mass is 31.2. The third kappa shape index (κ3) is 5830. The Morgan fingerprint density at radius 2 is 0.800 bits per heavy atom. The van der Waals surface area contributed by atoms with E-state index in [-0.39, 0.29) is 5.48 Å². The maximum Gasteiger partial charge on any atom is 0.466 e. The molecule has 0 saturated carbocycles. The van der Waals surface area contributed by atoms with Crippen molar-refractivity contribution in [1.82, 2.24) is 0 Å². The fraction of sp³-hybridized carbons (Fsp3) is 0. The number of nitrogens with two attached hydrogens (primary N) is 2. The second-order valence-electron chi connectivity index (χ2n) is 1.43. The Hall–Kier alpha value is -0.550. The molecule has 0 unspecified atom stereocenters. The number of primary amides is 2. The number of phosphoric acid groups is 2. The molecule has 14 heteroatoms. The first-order valence-electron chi connectivity index (χ1n) is 2.35. The highest BCUT2D eigenvalue weighted by Crippen LogP contribution is 2.26. The van der Waals surface area contributed by atoms with Crippen molar-refractivity contribution in [1.29, 1.82) is 0 Å². The molecule has 0 saturated heterocycles. The van der Waals surface area contributed by atoms with Gasteiger partial charge in [-0.15, -0.1) is 0 Å². The van der Waals surface area contributed by atoms with Crippen LogP contribution in [0.3, 0.4) is 0 Å². The van der Waals surface area contributed by atoms with Crippen molar-refractivity contribution in [2.24, 2.45) is 11.5 Å². The normalized spacial score (nSPS) is 9.47. The van der Waals surface area contributed by atoms with Crippen LogP contribution in [-0.4, -0.2) is 40.9 Å². The summed E-state index contributed by atoms with van der Waals surface area (Å²) < 4.78 is 17.8. The van der Waals surface area contributed by atoms with Crippen LogP contribution in [0.4, 0.5) is 4.79 Å². The quantitative estimate of drug-likeness (QED) is 0.202. The lowest BCUT2D eigenvalue weighted by molar-refractivity contribution is 0.256. The number of amides is 2. The van der Waals surface area contributed by atoms with Gasteiger partial charge in [0.15, 0.2) is 0 Å². The summed E-state index contributed by atoms with van der Waals surface area (Å²) in [6.45, 7) is 0. The molecule has 0 aromatic rings. The molecule has 0 atom stereocenters. The van der Waals surface area contributed by atoms with Gasteiger partial charge in [0, 0.05) is 0 Å². The average Bonchev–Trinajstić information content (AvgIpc) is 1.45. The summed E-state index contributed by atoms with van der Waals surface area (Å²) >= 11 is 0. The summed E-state index contributed by atoms with van der Waals surface area (Å²) in [4.78, 5) is 52.1. The standard InChI is InChI=1S/CH4N2O.2H3O4P.H2O/c2-1(3)4;2*1-5(2,3)4;/h(H4,2,3,4);2*(H3,1,2,3,4);1H2. The van der Waals surface area contributed by atoms with Gasteiger partial charge in [-0.05, 0) is 0 Å². The van der Waals surface area contributed by atoms with Crippen LogP contribution >= 0.6 is 15.6 Å². The van der Waals surface area contributed by atoms with Crippen molar-refractivity contribution in [2.75, 3.05) is 0 Å². The monoisotopic (exact) mass is 274 g/mol. The van der Waals surface area contributed by atoms with Crippen molar-refractivity contribution in [3.05, 3.63) is 0 Å². The lowest BCUT2D eigenvalue weighted by Gasteiger charge is -1.82. The molecule has 0 aliphatic carbocycles. The third-order valence-corrected chi connectivity index (χ3v) is 0. The molecular weight excluding hydrogens is 262 g/mol. The predicted octanol–water partition coefficient (Wildman–Crippen LogP) is -3.66. The van der Waals surface area contributed by atoms with Crippen LogP contribution in [0.1, 0.15) is 0 Å². The second kappa shape index (κ2) is 9.98. The molecule has 2 amide bonds. The van der Waals surface area contributed by atoms with E-state index in [1.807, 2.05) is 0 Å². The van der Waals surface area contributed by atoms with Crippen molar-refractivity contribution in [3.63, 3.8) is 0 Å². The molecule has 96 valence electrons. The lowest BCUT2D eigenvalue weighted by atomic mass is 11.2. The van der Waals surface area contributed by atoms with E-state index in [4.69, 9.17) is 43.3 Å². The van der Waals surface area contributed by atoms with Gasteiger partial charge in [-0.3, -0.25) is 0 Å². The van der Waals surface area contributed by atoms with Crippen molar-refractivity contribution >= 4 is 21.7 Å². The molecule has 15 heavy (non-hydrogen) atoms. The van der Waals surface area contributed by atoms with Gasteiger partial charge in [0.25, 0.3) is 0 Å². The van der Waals surface area contributed by atoms with E-state index in [9.17, 15) is 0 Å². The van der Waals surface area contributed by atoms with E-state index in [2.05, 4.69) is 11.5 Å². The zero-order chi connectivity index (χ0) is 12.6. The van der Waals surface area contributed by atoms with Crippen molar-refractivity contribution in [3.8, 4) is 0 Å². The summed E-state index contributed by atoms with van der Waals surface area (Å²) in [6, 6.07) is -0.833. The second-order valence-corrected chi connectivity index (χ2v) is 3.48. The average molecular weight is 274 g/mol. The van der Waals surface area contributed by atoms with Crippen molar-refractivity contribution in [2.45, 2.75) is 0 Å². The summed E-state index contributed by atoms with van der Waals surface area (Å²) in [5, 5.41) is 0. The lowest BCUT2D eigenvalue weighted by Crippen LogP contribution is -2.18. The van der Waals surface area contributed by atoms with Gasteiger partial charge in [0.1, 0.15) is 0 Å². The number of rotatable bonds is 0. The molecule has 0 fully saturated rings. The van der Waals surface area contributed by atoms with E-state index in [0.717, 1.165) is 0 Å². The molecular formula is CH12N2O10P2. The van der Waals surface area contributed by atoms with Gasteiger partial charge in [0.05, 0.1) is 0 Å². The minimum atomic E-state index is -4.64. The number of hydrogen-bond acceptors (Lipinski definition) is 3. The molecule has 0 aromatic heterocycles. The van der Waals surface area contributed by atoms with Crippen LogP contribution in [0, 0.1) is 0 Å². The summed E-state index contributed by atoms with van der Waals surface area (Å²) in [7, 11) is -9.28. The van der Waals surface area contributed by atoms with Crippen LogP contribution in [0.15, 0.2) is 0 Å². The van der Waals surface area contributed by atoms with Crippen LogP contribution in [0.2, 0.25) is 0 Å². The van der Waals surface area contributed by atoms with E-state index in [1.54, 1.807) is 0 Å². The Kier molecular flexibility index (Phi) is 15.9. The van der Waals surface area contributed by atoms with E-state index < -0.39 is 21.7 Å². The molecule has 0 heterocycles. The number of hydrogen-bond donors (Lipinski definition) is 8. The zero-order valence-corrected chi connectivity index (χ0v) is 8.75. The van der Waals surface area contributed by atoms with Crippen LogP contribution in [-0.2, 0) is 9.13 Å². The van der Waals surface area contributed by atoms with Crippen molar-refractivity contribution < 1.29 is 48.8 Å². The molecule has 0 aromatic carbocycles. The van der Waals surface area contributed by atoms with Crippen LogP contribution < -0.4 is 11.5 Å². The van der Waals surface area contributed by atoms with Gasteiger partial charge in [0.2, 0.25) is 0 Å². The molecule has 0 radical (unpaired) electrons. The van der Waals surface area contributed by atoms with Crippen LogP contribution in [0.5, 0.6) is 0 Å². The molecule has 0 rings (SSSR count). The third-order valence-electron chi connectivity index (χ3n) is 0. The predicted molar refractivity (Wildman–Crippen MR) is 45.9 cm³/mol. The number of carbonyl (C=O) groups excluding carboxylic acids is 1. The Morgan fingerprint density at radius 1 is 0.800 bits per heavy atom.